The first-order chi connectivity index (χ1) is 7.80. The number of carbonyl (C=O) groups is 1. The number of aromatic nitrogens is 1. The van der Waals surface area contributed by atoms with E-state index in [9.17, 15) is 22.8 Å². The van der Waals surface area contributed by atoms with E-state index in [1.807, 2.05) is 0 Å². The summed E-state index contributed by atoms with van der Waals surface area (Å²) in [6.07, 6.45) is -3.90. The largest absolute Gasteiger partial charge is 0.481 e. The van der Waals surface area contributed by atoms with Crippen molar-refractivity contribution in [2.75, 3.05) is 0 Å². The highest BCUT2D eigenvalue weighted by Gasteiger charge is 2.30. The zero-order valence-electron chi connectivity index (χ0n) is 8.70. The number of aliphatic carboxylic acids is 1. The average molecular weight is 249 g/mol. The summed E-state index contributed by atoms with van der Waals surface area (Å²) in [5.41, 5.74) is -1.50. The van der Waals surface area contributed by atoms with Gasteiger partial charge in [0.15, 0.2) is 0 Å². The molecule has 0 aromatic carbocycles. The number of carboxylic acids is 1. The second-order valence-corrected chi connectivity index (χ2v) is 3.44. The quantitative estimate of drug-likeness (QED) is 0.884. The lowest BCUT2D eigenvalue weighted by Gasteiger charge is -2.09. The molecule has 4 nitrogen and oxygen atoms in total. The summed E-state index contributed by atoms with van der Waals surface area (Å²) >= 11 is 0. The van der Waals surface area contributed by atoms with Gasteiger partial charge >= 0.3 is 12.1 Å². The van der Waals surface area contributed by atoms with Crippen molar-refractivity contribution in [2.45, 2.75) is 25.6 Å². The Morgan fingerprint density at radius 2 is 2.00 bits per heavy atom. The highest BCUT2D eigenvalue weighted by Crippen LogP contribution is 2.27. The molecule has 0 radical (unpaired) electrons. The third-order valence-electron chi connectivity index (χ3n) is 2.10. The minimum Gasteiger partial charge on any atom is -0.481 e. The van der Waals surface area contributed by atoms with E-state index in [2.05, 4.69) is 0 Å². The fraction of sp³-hybridized carbons (Fsp3) is 0.400. The van der Waals surface area contributed by atoms with Crippen LogP contribution in [-0.4, -0.2) is 15.6 Å². The molecule has 0 amide bonds. The van der Waals surface area contributed by atoms with Crippen LogP contribution in [0, 0.1) is 0 Å². The highest BCUT2D eigenvalue weighted by atomic mass is 19.4. The van der Waals surface area contributed by atoms with Gasteiger partial charge in [-0.1, -0.05) is 0 Å². The van der Waals surface area contributed by atoms with Crippen LogP contribution in [0.5, 0.6) is 0 Å². The van der Waals surface area contributed by atoms with E-state index in [0.717, 1.165) is 10.6 Å². The van der Waals surface area contributed by atoms with Gasteiger partial charge in [0.05, 0.1) is 5.56 Å². The number of rotatable bonds is 4. The monoisotopic (exact) mass is 249 g/mol. The van der Waals surface area contributed by atoms with Gasteiger partial charge in [-0.15, -0.1) is 0 Å². The lowest BCUT2D eigenvalue weighted by Crippen LogP contribution is -2.21. The minimum atomic E-state index is -4.51. The van der Waals surface area contributed by atoms with Crippen LogP contribution >= 0.6 is 0 Å². The summed E-state index contributed by atoms with van der Waals surface area (Å²) in [5, 5.41) is 8.38. The molecule has 0 unspecified atom stereocenters. The van der Waals surface area contributed by atoms with E-state index in [4.69, 9.17) is 5.11 Å². The Bertz CT molecular complexity index is 465. The van der Waals surface area contributed by atoms with Gasteiger partial charge in [-0.3, -0.25) is 9.59 Å². The summed E-state index contributed by atoms with van der Waals surface area (Å²) in [4.78, 5) is 21.5. The first-order valence-electron chi connectivity index (χ1n) is 4.80. The Kier molecular flexibility index (Phi) is 3.93. The molecule has 1 rings (SSSR count). The number of nitrogens with zero attached hydrogens (tertiary/aromatic N) is 1. The van der Waals surface area contributed by atoms with Crippen LogP contribution in [0.25, 0.3) is 0 Å². The van der Waals surface area contributed by atoms with Crippen LogP contribution in [0.3, 0.4) is 0 Å². The van der Waals surface area contributed by atoms with Crippen molar-refractivity contribution in [2.24, 2.45) is 0 Å². The van der Waals surface area contributed by atoms with Crippen molar-refractivity contribution in [3.63, 3.8) is 0 Å². The Morgan fingerprint density at radius 1 is 1.35 bits per heavy atom. The van der Waals surface area contributed by atoms with E-state index in [1.165, 1.54) is 0 Å². The van der Waals surface area contributed by atoms with Crippen molar-refractivity contribution >= 4 is 5.97 Å². The molecule has 0 spiro atoms. The fourth-order valence-electron chi connectivity index (χ4n) is 1.27. The average Bonchev–Trinajstić information content (AvgIpc) is 2.18. The second kappa shape index (κ2) is 5.03. The highest BCUT2D eigenvalue weighted by molar-refractivity contribution is 5.66. The topological polar surface area (TPSA) is 59.3 Å². The maximum atomic E-state index is 12.3. The van der Waals surface area contributed by atoms with Gasteiger partial charge in [0.2, 0.25) is 0 Å². The van der Waals surface area contributed by atoms with Gasteiger partial charge < -0.3 is 9.67 Å². The summed E-state index contributed by atoms with van der Waals surface area (Å²) in [5.74, 6) is -1.05. The maximum absolute atomic E-state index is 12.3. The van der Waals surface area contributed by atoms with Gasteiger partial charge in [0, 0.05) is 25.2 Å². The van der Waals surface area contributed by atoms with Crippen LogP contribution in [-0.2, 0) is 17.5 Å². The molecular formula is C10H10F3NO3. The van der Waals surface area contributed by atoms with Crippen LogP contribution in [0.2, 0.25) is 0 Å². The van der Waals surface area contributed by atoms with Gasteiger partial charge in [-0.05, 0) is 12.5 Å². The SMILES string of the molecule is O=C(O)CCCn1cc(C(F)(F)F)ccc1=O. The number of alkyl halides is 3. The summed E-state index contributed by atoms with van der Waals surface area (Å²) in [7, 11) is 0. The van der Waals surface area contributed by atoms with E-state index in [-0.39, 0.29) is 19.4 Å². The molecular weight excluding hydrogens is 239 g/mol. The van der Waals surface area contributed by atoms with Crippen molar-refractivity contribution in [3.05, 3.63) is 34.2 Å². The molecule has 0 aliphatic carbocycles. The lowest BCUT2D eigenvalue weighted by atomic mass is 10.2. The fourth-order valence-corrected chi connectivity index (χ4v) is 1.27. The normalized spacial score (nSPS) is 11.5. The summed E-state index contributed by atoms with van der Waals surface area (Å²) < 4.78 is 37.9. The second-order valence-electron chi connectivity index (χ2n) is 3.44. The Hall–Kier alpha value is -1.79. The van der Waals surface area contributed by atoms with Gasteiger partial charge in [0.1, 0.15) is 0 Å². The molecule has 0 saturated heterocycles. The predicted molar refractivity (Wildman–Crippen MR) is 52.6 cm³/mol. The third-order valence-corrected chi connectivity index (χ3v) is 2.10. The molecule has 17 heavy (non-hydrogen) atoms. The number of pyridine rings is 1. The van der Waals surface area contributed by atoms with E-state index >= 15 is 0 Å². The summed E-state index contributed by atoms with van der Waals surface area (Å²) in [6.45, 7) is -0.0466. The number of aryl methyl sites for hydroxylation is 1. The van der Waals surface area contributed by atoms with Crippen LogP contribution in [0.4, 0.5) is 13.2 Å². The number of hydrogen-bond acceptors (Lipinski definition) is 2. The standard InChI is InChI=1S/C10H10F3NO3/c11-10(12,13)7-3-4-8(15)14(6-7)5-1-2-9(16)17/h3-4,6H,1-2,5H2,(H,16,17). The molecule has 94 valence electrons. The first-order valence-corrected chi connectivity index (χ1v) is 4.80. The number of halogens is 3. The van der Waals surface area contributed by atoms with Crippen molar-refractivity contribution in [1.82, 2.24) is 4.57 Å². The van der Waals surface area contributed by atoms with Crippen LogP contribution < -0.4 is 5.56 Å². The minimum absolute atomic E-state index is 0.0466. The molecule has 0 saturated carbocycles. The molecule has 0 aliphatic rings. The molecule has 0 fully saturated rings. The van der Waals surface area contributed by atoms with E-state index < -0.39 is 23.3 Å². The lowest BCUT2D eigenvalue weighted by molar-refractivity contribution is -0.139. The number of carboxylic acid groups (broad SMARTS) is 1. The zero-order valence-corrected chi connectivity index (χ0v) is 8.70. The van der Waals surface area contributed by atoms with Gasteiger partial charge in [0.25, 0.3) is 5.56 Å². The Labute approximate surface area is 94.3 Å². The molecule has 1 aromatic rings. The molecule has 0 aliphatic heterocycles. The van der Waals surface area contributed by atoms with E-state index in [0.29, 0.717) is 12.3 Å². The van der Waals surface area contributed by atoms with Crippen molar-refractivity contribution in [3.8, 4) is 0 Å². The predicted octanol–water partition coefficient (Wildman–Crippen LogP) is 1.73. The molecule has 1 aromatic heterocycles. The van der Waals surface area contributed by atoms with Gasteiger partial charge in [-0.2, -0.15) is 13.2 Å². The smallest absolute Gasteiger partial charge is 0.417 e. The Morgan fingerprint density at radius 3 is 2.53 bits per heavy atom. The van der Waals surface area contributed by atoms with Crippen LogP contribution in [0.1, 0.15) is 18.4 Å². The first kappa shape index (κ1) is 13.3. The van der Waals surface area contributed by atoms with Crippen molar-refractivity contribution < 1.29 is 23.1 Å². The van der Waals surface area contributed by atoms with Gasteiger partial charge in [-0.25, -0.2) is 0 Å². The summed E-state index contributed by atoms with van der Waals surface area (Å²) in [6, 6.07) is 1.53. The zero-order chi connectivity index (χ0) is 13.1. The molecule has 1 heterocycles. The molecule has 7 heteroatoms. The van der Waals surface area contributed by atoms with Crippen LogP contribution in [0.15, 0.2) is 23.1 Å². The van der Waals surface area contributed by atoms with E-state index in [1.54, 1.807) is 0 Å². The maximum Gasteiger partial charge on any atom is 0.417 e. The third kappa shape index (κ3) is 3.93. The van der Waals surface area contributed by atoms with Crippen molar-refractivity contribution in [1.29, 1.82) is 0 Å². The Balaban J connectivity index is 2.84. The number of hydrogen-bond donors (Lipinski definition) is 1. The molecule has 0 bridgehead atoms. The molecule has 1 N–H and O–H groups in total. The molecule has 0 atom stereocenters.